The fourth-order valence-electron chi connectivity index (χ4n) is 8.22. The number of nitrogens with one attached hydrogen (secondary N) is 2. The second-order valence-electron chi connectivity index (χ2n) is 12.6. The van der Waals surface area contributed by atoms with Gasteiger partial charge in [0.25, 0.3) is 5.91 Å². The van der Waals surface area contributed by atoms with Gasteiger partial charge in [0.1, 0.15) is 11.5 Å². The first-order valence-corrected chi connectivity index (χ1v) is 17.8. The Balaban J connectivity index is 1.13. The number of aromatic hydroxyl groups is 1. The molecule has 2 aliphatic heterocycles. The van der Waals surface area contributed by atoms with Gasteiger partial charge in [-0.25, -0.2) is 0 Å². The highest BCUT2D eigenvalue weighted by molar-refractivity contribution is 9.10. The minimum absolute atomic E-state index is 0.0584. The number of carbonyl (C=O) groups excluding carboxylic acids is 3. The molecule has 49 heavy (non-hydrogen) atoms. The van der Waals surface area contributed by atoms with Crippen LogP contribution in [0, 0.1) is 29.6 Å². The number of aromatic nitrogens is 1. The molecule has 4 aliphatic rings. The Morgan fingerprint density at radius 3 is 2.49 bits per heavy atom. The first kappa shape index (κ1) is 32.1. The Bertz CT molecular complexity index is 2090. The number of anilines is 2. The zero-order valence-corrected chi connectivity index (χ0v) is 28.3. The van der Waals surface area contributed by atoms with Crippen LogP contribution in [0.5, 0.6) is 11.5 Å². The van der Waals surface area contributed by atoms with Crippen LogP contribution in [0.2, 0.25) is 0 Å². The monoisotopic (exact) mass is 771 g/mol. The summed E-state index contributed by atoms with van der Waals surface area (Å²) in [6.45, 7) is -0.336. The molecule has 2 bridgehead atoms. The highest BCUT2D eigenvalue weighted by Crippen LogP contribution is 2.69. The molecule has 0 spiro atoms. The van der Waals surface area contributed by atoms with Crippen LogP contribution in [0.1, 0.15) is 28.3 Å². The average Bonchev–Trinajstić information content (AvgIpc) is 3.80. The van der Waals surface area contributed by atoms with Crippen LogP contribution in [-0.2, 0) is 20.6 Å². The number of phenols is 1. The molecule has 4 aromatic rings. The van der Waals surface area contributed by atoms with Crippen LogP contribution in [0.4, 0.5) is 24.5 Å². The number of alkyl halides is 3. The summed E-state index contributed by atoms with van der Waals surface area (Å²) < 4.78 is 47.5. The third-order valence-electron chi connectivity index (χ3n) is 9.97. The first-order valence-electron chi connectivity index (χ1n) is 15.3. The van der Waals surface area contributed by atoms with E-state index in [1.165, 1.54) is 36.0 Å². The van der Waals surface area contributed by atoms with Gasteiger partial charge in [-0.2, -0.15) is 13.2 Å². The van der Waals surface area contributed by atoms with Crippen molar-refractivity contribution in [3.63, 3.8) is 0 Å². The Kier molecular flexibility index (Phi) is 7.72. The lowest BCUT2D eigenvalue weighted by atomic mass is 9.68. The van der Waals surface area contributed by atoms with E-state index < -0.39 is 47.2 Å². The molecule has 2 saturated carbocycles. The van der Waals surface area contributed by atoms with Crippen LogP contribution in [0.25, 0.3) is 0 Å². The van der Waals surface area contributed by atoms with Crippen molar-refractivity contribution >= 4 is 68.1 Å². The SMILES string of the molecule is O=C(COc1ccc(Br)cc1[C@H]1c2sc(=O)[nH]c2SC2C1[C@H]1C[C@@H]2C2C(=O)N(c3cccc(C(F)(F)F)c3)C(=O)C21)Nc1ccc(O)cc1. The van der Waals surface area contributed by atoms with Crippen LogP contribution < -0.4 is 19.8 Å². The fraction of sp³-hybridized carbons (Fsp3) is 0.294. The number of amides is 3. The number of halogens is 4. The van der Waals surface area contributed by atoms with Gasteiger partial charge in [-0.1, -0.05) is 33.3 Å². The van der Waals surface area contributed by atoms with E-state index >= 15 is 0 Å². The summed E-state index contributed by atoms with van der Waals surface area (Å²) in [7, 11) is 0. The molecule has 8 rings (SSSR count). The van der Waals surface area contributed by atoms with Crippen molar-refractivity contribution < 1.29 is 37.4 Å². The molecule has 3 aromatic carbocycles. The van der Waals surface area contributed by atoms with Crippen molar-refractivity contribution in [3.8, 4) is 11.5 Å². The highest BCUT2D eigenvalue weighted by Gasteiger charge is 2.70. The number of rotatable bonds is 6. The van der Waals surface area contributed by atoms with Gasteiger partial charge in [-0.05, 0) is 84.8 Å². The molecule has 4 unspecified atom stereocenters. The summed E-state index contributed by atoms with van der Waals surface area (Å²) >= 11 is 6.11. The van der Waals surface area contributed by atoms with Gasteiger partial charge in [-0.3, -0.25) is 24.1 Å². The molecule has 3 amide bonds. The van der Waals surface area contributed by atoms with Crippen LogP contribution >= 0.6 is 39.0 Å². The zero-order chi connectivity index (χ0) is 34.4. The number of aromatic amines is 1. The molecule has 1 aromatic heterocycles. The number of hydrogen-bond donors (Lipinski definition) is 3. The van der Waals surface area contributed by atoms with Crippen LogP contribution in [0.3, 0.4) is 0 Å². The van der Waals surface area contributed by atoms with E-state index in [1.54, 1.807) is 24.3 Å². The van der Waals surface area contributed by atoms with Crippen LogP contribution in [0.15, 0.2) is 81.0 Å². The van der Waals surface area contributed by atoms with Gasteiger partial charge in [0, 0.05) is 31.8 Å². The topological polar surface area (TPSA) is 129 Å². The van der Waals surface area contributed by atoms with Gasteiger partial charge in [0.15, 0.2) is 6.61 Å². The Labute approximate surface area is 293 Å². The van der Waals surface area contributed by atoms with Gasteiger partial charge in [0.05, 0.1) is 28.1 Å². The molecule has 7 atom stereocenters. The van der Waals surface area contributed by atoms with E-state index in [4.69, 9.17) is 4.74 Å². The van der Waals surface area contributed by atoms with Crippen molar-refractivity contribution in [2.75, 3.05) is 16.8 Å². The number of thioether (sulfide) groups is 1. The van der Waals surface area contributed by atoms with Crippen molar-refractivity contribution in [1.29, 1.82) is 0 Å². The van der Waals surface area contributed by atoms with E-state index in [0.29, 0.717) is 28.4 Å². The molecule has 3 heterocycles. The van der Waals surface area contributed by atoms with Gasteiger partial charge < -0.3 is 20.1 Å². The Morgan fingerprint density at radius 1 is 1.02 bits per heavy atom. The average molecular weight is 773 g/mol. The number of fused-ring (bicyclic) bond motifs is 9. The molecule has 3 N–H and O–H groups in total. The van der Waals surface area contributed by atoms with E-state index in [2.05, 4.69) is 26.2 Å². The predicted octanol–water partition coefficient (Wildman–Crippen LogP) is 6.62. The largest absolute Gasteiger partial charge is 0.508 e. The maximum Gasteiger partial charge on any atom is 0.416 e. The zero-order valence-electron chi connectivity index (χ0n) is 25.1. The van der Waals surface area contributed by atoms with Crippen molar-refractivity contribution in [2.24, 2.45) is 29.6 Å². The van der Waals surface area contributed by atoms with Gasteiger partial charge in [-0.15, -0.1) is 11.8 Å². The molecular formula is C34H25BrF3N3O6S2. The molecule has 2 aliphatic carbocycles. The Morgan fingerprint density at radius 2 is 1.76 bits per heavy atom. The second-order valence-corrected chi connectivity index (χ2v) is 15.7. The Hall–Kier alpha value is -4.08. The lowest BCUT2D eigenvalue weighted by Crippen LogP contribution is -2.42. The maximum atomic E-state index is 14.1. The van der Waals surface area contributed by atoms with Gasteiger partial charge >= 0.3 is 11.0 Å². The smallest absolute Gasteiger partial charge is 0.416 e. The molecule has 9 nitrogen and oxygen atoms in total. The fourth-order valence-corrected chi connectivity index (χ4v) is 11.5. The second kappa shape index (κ2) is 11.8. The summed E-state index contributed by atoms with van der Waals surface area (Å²) in [5.74, 6) is -3.55. The maximum absolute atomic E-state index is 14.1. The quantitative estimate of drug-likeness (QED) is 0.149. The summed E-state index contributed by atoms with van der Waals surface area (Å²) in [5.41, 5.74) is 0.141. The third-order valence-corrected chi connectivity index (χ3v) is 13.1. The number of carbonyl (C=O) groups is 3. The number of ether oxygens (including phenoxy) is 1. The number of H-pyrrole nitrogens is 1. The van der Waals surface area contributed by atoms with Crippen molar-refractivity contribution in [2.45, 2.75) is 28.8 Å². The third kappa shape index (κ3) is 5.37. The number of benzene rings is 3. The number of hydrogen-bond acceptors (Lipinski definition) is 8. The molecule has 15 heteroatoms. The summed E-state index contributed by atoms with van der Waals surface area (Å²) in [6, 6.07) is 15.7. The summed E-state index contributed by atoms with van der Waals surface area (Å²) in [4.78, 5) is 57.9. The van der Waals surface area contributed by atoms with Gasteiger partial charge in [0.2, 0.25) is 11.8 Å². The number of phenolic OH excluding ortho intramolecular Hbond substituents is 1. The van der Waals surface area contributed by atoms with Crippen LogP contribution in [-0.4, -0.2) is 39.7 Å². The lowest BCUT2D eigenvalue weighted by Gasteiger charge is -2.43. The number of imide groups is 1. The molecule has 252 valence electrons. The molecule has 3 fully saturated rings. The van der Waals surface area contributed by atoms with E-state index in [9.17, 15) is 37.5 Å². The van der Waals surface area contributed by atoms with E-state index in [0.717, 1.165) is 37.7 Å². The van der Waals surface area contributed by atoms with E-state index in [1.807, 2.05) is 6.07 Å². The molecular weight excluding hydrogens is 747 g/mol. The molecule has 0 radical (unpaired) electrons. The minimum atomic E-state index is -4.64. The van der Waals surface area contributed by atoms with Crippen molar-refractivity contribution in [3.05, 3.63) is 96.9 Å². The first-order chi connectivity index (χ1) is 23.4. The standard InChI is InChI=1S/C34H25BrF3N3O6S2/c35-15-4-9-22(47-13-23(43)39-16-5-7-18(42)8-6-16)19(11-15)24-25-20-12-21(28(25)48-30-29(24)49-33(46)40-30)27-26(20)31(44)41(32(27)45)17-3-1-2-14(10-17)34(36,37)38/h1-11,20-21,24-28,42H,12-13H2,(H,39,43)(H,40,46)/t20-,21-,24-,25?,26?,27?,28?/m1/s1. The molecule has 1 saturated heterocycles. The van der Waals surface area contributed by atoms with Crippen molar-refractivity contribution in [1.82, 2.24) is 4.98 Å². The summed E-state index contributed by atoms with van der Waals surface area (Å²) in [6.07, 6.45) is -4.06. The predicted molar refractivity (Wildman–Crippen MR) is 179 cm³/mol. The summed E-state index contributed by atoms with van der Waals surface area (Å²) in [5, 5.41) is 12.8. The lowest BCUT2D eigenvalue weighted by molar-refractivity contribution is -0.137. The highest BCUT2D eigenvalue weighted by atomic mass is 79.9. The number of thiazole rings is 1. The minimum Gasteiger partial charge on any atom is -0.508 e. The normalized spacial score (nSPS) is 26.8. The van der Waals surface area contributed by atoms with E-state index in [-0.39, 0.29) is 45.9 Å². The number of nitrogens with zero attached hydrogens (tertiary/aromatic N) is 1.